The number of benzene rings is 2. The van der Waals surface area contributed by atoms with Gasteiger partial charge in [0.15, 0.2) is 17.5 Å². The minimum atomic E-state index is -3.32. The molecule has 0 heterocycles. The van der Waals surface area contributed by atoms with E-state index >= 15 is 0 Å². The second-order valence-corrected chi connectivity index (χ2v) is 8.44. The third-order valence-electron chi connectivity index (χ3n) is 3.97. The molecule has 0 aliphatic heterocycles. The molecule has 10 heteroatoms. The Bertz CT molecular complexity index is 914. The number of hydrogen-bond donors (Lipinski definition) is 1. The average molecular weight is 450 g/mol. The lowest BCUT2D eigenvalue weighted by atomic mass is 10.1. The van der Waals surface area contributed by atoms with Gasteiger partial charge in [-0.2, -0.15) is 0 Å². The second kappa shape index (κ2) is 9.76. The summed E-state index contributed by atoms with van der Waals surface area (Å²) in [5.41, 5.74) is -0.602. The Labute approximate surface area is 171 Å². The topological polar surface area (TPSA) is 64.6 Å². The summed E-state index contributed by atoms with van der Waals surface area (Å²) in [4.78, 5) is 12.3. The third kappa shape index (κ3) is 5.39. The maximum absolute atomic E-state index is 14.2. The monoisotopic (exact) mass is 449 g/mol. The molecule has 2 aromatic rings. The van der Waals surface area contributed by atoms with Crippen molar-refractivity contribution in [3.8, 4) is 0 Å². The molecule has 0 bridgehead atoms. The molecule has 0 atom stereocenters. The van der Waals surface area contributed by atoms with Gasteiger partial charge in [0, 0.05) is 11.1 Å². The van der Waals surface area contributed by atoms with E-state index in [0.29, 0.717) is 5.56 Å². The predicted octanol–water partition coefficient (Wildman–Crippen LogP) is 6.08. The summed E-state index contributed by atoms with van der Waals surface area (Å²) in [6.07, 6.45) is 0.00141. The van der Waals surface area contributed by atoms with Gasteiger partial charge in [0.2, 0.25) is 0 Å². The highest BCUT2D eigenvalue weighted by atomic mass is 35.5. The number of carbonyl (C=O) groups is 1. The lowest BCUT2D eigenvalue weighted by molar-refractivity contribution is 0.102. The maximum atomic E-state index is 14.2. The van der Waals surface area contributed by atoms with Crippen LogP contribution in [0.25, 0.3) is 0 Å². The molecule has 0 fully saturated rings. The summed E-state index contributed by atoms with van der Waals surface area (Å²) in [7, 11) is -3.32. The number of rotatable bonds is 8. The first kappa shape index (κ1) is 23.4. The van der Waals surface area contributed by atoms with Crippen LogP contribution in [0.1, 0.15) is 35.3 Å². The smallest absolute Gasteiger partial charge is 0.317 e. The van der Waals surface area contributed by atoms with Crippen LogP contribution in [0.3, 0.4) is 0 Å². The fraction of sp³-hybridized carbons (Fsp3) is 0.316. The van der Waals surface area contributed by atoms with Crippen LogP contribution >= 0.6 is 19.2 Å². The van der Waals surface area contributed by atoms with Crippen molar-refractivity contribution in [3.05, 3.63) is 63.4 Å². The summed E-state index contributed by atoms with van der Waals surface area (Å²) in [5.74, 6) is -5.04. The summed E-state index contributed by atoms with van der Waals surface area (Å²) >= 11 is 5.52. The Morgan fingerprint density at radius 1 is 1.03 bits per heavy atom. The van der Waals surface area contributed by atoms with Crippen LogP contribution in [0.2, 0.25) is 5.02 Å². The molecule has 0 aliphatic carbocycles. The lowest BCUT2D eigenvalue weighted by Gasteiger charge is -2.17. The van der Waals surface area contributed by atoms with Gasteiger partial charge in [0.05, 0.1) is 24.4 Å². The second-order valence-electron chi connectivity index (χ2n) is 6.01. The zero-order valence-corrected chi connectivity index (χ0v) is 17.7. The molecule has 1 N–H and O–H groups in total. The molecule has 158 valence electrons. The number of nitrogens with one attached hydrogen (secondary N) is 1. The van der Waals surface area contributed by atoms with E-state index in [-0.39, 0.29) is 30.5 Å². The Balaban J connectivity index is 2.21. The number of anilines is 1. The molecular weight excluding hydrogens is 430 g/mol. The molecule has 0 spiro atoms. The van der Waals surface area contributed by atoms with Crippen LogP contribution < -0.4 is 5.32 Å². The van der Waals surface area contributed by atoms with E-state index in [1.807, 2.05) is 5.32 Å². The van der Waals surface area contributed by atoms with Crippen molar-refractivity contribution in [1.82, 2.24) is 0 Å². The lowest BCUT2D eigenvalue weighted by Crippen LogP contribution is -2.16. The van der Waals surface area contributed by atoms with Crippen molar-refractivity contribution in [3.63, 3.8) is 0 Å². The van der Waals surface area contributed by atoms with E-state index in [1.165, 1.54) is 31.2 Å². The van der Waals surface area contributed by atoms with Gasteiger partial charge in [-0.25, -0.2) is 13.2 Å². The zero-order chi connectivity index (χ0) is 21.8. The Morgan fingerprint density at radius 2 is 1.59 bits per heavy atom. The minimum Gasteiger partial charge on any atom is -0.317 e. The Kier molecular flexibility index (Phi) is 7.88. The number of amides is 1. The summed E-state index contributed by atoms with van der Waals surface area (Å²) in [6, 6.07) is 5.78. The first-order valence-electron chi connectivity index (χ1n) is 8.74. The van der Waals surface area contributed by atoms with Gasteiger partial charge in [-0.3, -0.25) is 9.36 Å². The van der Waals surface area contributed by atoms with Crippen molar-refractivity contribution in [2.24, 2.45) is 0 Å². The Hall–Kier alpha value is -1.86. The number of carbonyl (C=O) groups excluding carboxylic acids is 1. The van der Waals surface area contributed by atoms with E-state index < -0.39 is 41.7 Å². The van der Waals surface area contributed by atoms with E-state index in [0.717, 1.165) is 0 Å². The van der Waals surface area contributed by atoms with Gasteiger partial charge in [-0.15, -0.1) is 0 Å². The normalized spacial score (nSPS) is 11.6. The average Bonchev–Trinajstić information content (AvgIpc) is 2.69. The highest BCUT2D eigenvalue weighted by Crippen LogP contribution is 2.51. The first-order valence-corrected chi connectivity index (χ1v) is 10.8. The fourth-order valence-corrected chi connectivity index (χ4v) is 4.42. The largest absolute Gasteiger partial charge is 0.335 e. The Morgan fingerprint density at radius 3 is 2.10 bits per heavy atom. The summed E-state index contributed by atoms with van der Waals surface area (Å²) in [5, 5.41) is 1.34. The molecule has 29 heavy (non-hydrogen) atoms. The van der Waals surface area contributed by atoms with E-state index in [1.54, 1.807) is 13.8 Å². The summed E-state index contributed by atoms with van der Waals surface area (Å²) < 4.78 is 64.9. The minimum absolute atomic E-state index is 0.00141. The number of hydrogen-bond acceptors (Lipinski definition) is 4. The molecule has 2 rings (SSSR count). The van der Waals surface area contributed by atoms with Crippen molar-refractivity contribution in [2.75, 3.05) is 18.5 Å². The van der Waals surface area contributed by atoms with Crippen molar-refractivity contribution in [1.29, 1.82) is 0 Å². The van der Waals surface area contributed by atoms with Crippen molar-refractivity contribution >= 4 is 30.8 Å². The van der Waals surface area contributed by atoms with Gasteiger partial charge in [-0.1, -0.05) is 23.7 Å². The quantitative estimate of drug-likeness (QED) is 0.301. The number of halogens is 4. The molecule has 1 amide bonds. The van der Waals surface area contributed by atoms with E-state index in [9.17, 15) is 22.5 Å². The molecule has 0 aliphatic rings. The van der Waals surface area contributed by atoms with Crippen molar-refractivity contribution < 1.29 is 31.6 Å². The molecule has 5 nitrogen and oxygen atoms in total. The van der Waals surface area contributed by atoms with Gasteiger partial charge < -0.3 is 14.4 Å². The fourth-order valence-electron chi connectivity index (χ4n) is 2.55. The molecule has 0 saturated carbocycles. The predicted molar refractivity (Wildman–Crippen MR) is 105 cm³/mol. The van der Waals surface area contributed by atoms with Gasteiger partial charge in [-0.05, 0) is 38.5 Å². The maximum Gasteiger partial charge on any atom is 0.335 e. The highest BCUT2D eigenvalue weighted by molar-refractivity contribution is 7.53. The molecular formula is C19H20ClF3NO4P. The van der Waals surface area contributed by atoms with E-state index in [2.05, 4.69) is 0 Å². The van der Waals surface area contributed by atoms with Gasteiger partial charge in [0.25, 0.3) is 5.91 Å². The SMILES string of the molecule is CCOP(=O)(Cc1ccc(C(=O)Nc2c(F)c(C)c(Cl)c(F)c2F)cc1)OCC. The van der Waals surface area contributed by atoms with Crippen LogP contribution in [0.5, 0.6) is 0 Å². The van der Waals surface area contributed by atoms with E-state index in [4.69, 9.17) is 20.6 Å². The molecule has 0 unspecified atom stereocenters. The standard InChI is InChI=1S/C19H20ClF3NO4P/c1-4-27-29(26,28-5-2)10-12-6-8-13(9-7-12)19(25)24-18-15(21)11(3)14(20)16(22)17(18)23/h6-9H,4-5,10H2,1-3H3,(H,24,25). The van der Waals surface area contributed by atoms with Crippen LogP contribution in [-0.2, 0) is 19.8 Å². The van der Waals surface area contributed by atoms with Crippen LogP contribution in [0.4, 0.5) is 18.9 Å². The molecule has 2 aromatic carbocycles. The van der Waals surface area contributed by atoms with Crippen molar-refractivity contribution in [2.45, 2.75) is 26.9 Å². The van der Waals surface area contributed by atoms with Gasteiger partial charge in [0.1, 0.15) is 5.69 Å². The third-order valence-corrected chi connectivity index (χ3v) is 6.47. The van der Waals surface area contributed by atoms with Crippen LogP contribution in [-0.4, -0.2) is 19.1 Å². The first-order chi connectivity index (χ1) is 13.6. The van der Waals surface area contributed by atoms with Gasteiger partial charge >= 0.3 is 7.60 Å². The van der Waals surface area contributed by atoms with Crippen LogP contribution in [0, 0.1) is 24.4 Å². The molecule has 0 radical (unpaired) electrons. The zero-order valence-electron chi connectivity index (χ0n) is 16.0. The molecule has 0 aromatic heterocycles. The highest BCUT2D eigenvalue weighted by Gasteiger charge is 2.25. The van der Waals surface area contributed by atoms with Crippen LogP contribution in [0.15, 0.2) is 24.3 Å². The molecule has 0 saturated heterocycles. The summed E-state index contributed by atoms with van der Waals surface area (Å²) in [6.45, 7) is 4.98.